The smallest absolute Gasteiger partial charge is 0.255 e. The summed E-state index contributed by atoms with van der Waals surface area (Å²) in [4.78, 5) is 25.6. The molecule has 2 saturated heterocycles. The van der Waals surface area contributed by atoms with E-state index in [0.717, 1.165) is 16.7 Å². The Morgan fingerprint density at radius 1 is 1.08 bits per heavy atom. The highest BCUT2D eigenvalue weighted by atomic mass is 19.1. The number of rotatable bonds is 7. The third-order valence-corrected chi connectivity index (χ3v) is 7.19. The number of ether oxygens (including phenoxy) is 3. The molecular weight excluding hydrogens is 467 g/mol. The first kappa shape index (κ1) is 24.7. The Hall–Kier alpha value is -3.01. The zero-order valence-corrected chi connectivity index (χ0v) is 20.3. The van der Waals surface area contributed by atoms with E-state index in [2.05, 4.69) is 10.6 Å². The number of hydrogen-bond donors (Lipinski definition) is 3. The molecular formula is C27H31FN2O6. The number of amides is 2. The number of carbonyl (C=O) groups excluding carboxylic acids is 2. The molecule has 2 aromatic carbocycles. The van der Waals surface area contributed by atoms with Gasteiger partial charge in [-0.3, -0.25) is 9.59 Å². The molecule has 3 heterocycles. The number of aliphatic hydroxyl groups is 1. The van der Waals surface area contributed by atoms with Gasteiger partial charge in [-0.15, -0.1) is 0 Å². The van der Waals surface area contributed by atoms with Crippen molar-refractivity contribution >= 4 is 11.8 Å². The van der Waals surface area contributed by atoms with Gasteiger partial charge in [0.1, 0.15) is 11.6 Å². The highest BCUT2D eigenvalue weighted by Gasteiger charge is 2.30. The Bertz CT molecular complexity index is 1170. The van der Waals surface area contributed by atoms with Crippen molar-refractivity contribution in [2.24, 2.45) is 5.92 Å². The van der Waals surface area contributed by atoms with Crippen LogP contribution in [-0.4, -0.2) is 68.6 Å². The van der Waals surface area contributed by atoms with Crippen LogP contribution in [0.2, 0.25) is 0 Å². The molecule has 5 rings (SSSR count). The molecule has 9 heteroatoms. The van der Waals surface area contributed by atoms with Crippen LogP contribution in [0.25, 0.3) is 0 Å². The van der Waals surface area contributed by atoms with Gasteiger partial charge in [-0.2, -0.15) is 0 Å². The van der Waals surface area contributed by atoms with E-state index >= 15 is 0 Å². The molecule has 2 amide bonds. The molecule has 0 spiro atoms. The predicted molar refractivity (Wildman–Crippen MR) is 129 cm³/mol. The van der Waals surface area contributed by atoms with Gasteiger partial charge in [0, 0.05) is 31.1 Å². The van der Waals surface area contributed by atoms with E-state index in [1.807, 2.05) is 6.92 Å². The van der Waals surface area contributed by atoms with Gasteiger partial charge in [0.15, 0.2) is 0 Å². The van der Waals surface area contributed by atoms with Crippen molar-refractivity contribution < 1.29 is 33.3 Å². The lowest BCUT2D eigenvalue weighted by molar-refractivity contribution is -0.0298. The second kappa shape index (κ2) is 10.5. The summed E-state index contributed by atoms with van der Waals surface area (Å²) < 4.78 is 31.0. The van der Waals surface area contributed by atoms with E-state index in [1.165, 1.54) is 12.1 Å². The summed E-state index contributed by atoms with van der Waals surface area (Å²) in [5.74, 6) is -0.473. The fourth-order valence-electron chi connectivity index (χ4n) is 4.89. The average Bonchev–Trinajstić information content (AvgIpc) is 3.31. The van der Waals surface area contributed by atoms with Crippen LogP contribution in [0.15, 0.2) is 24.3 Å². The maximum atomic E-state index is 14.8. The maximum Gasteiger partial charge on any atom is 0.255 e. The second-order valence-electron chi connectivity index (χ2n) is 9.73. The largest absolute Gasteiger partial charge is 0.492 e. The van der Waals surface area contributed by atoms with Crippen molar-refractivity contribution in [2.45, 2.75) is 38.3 Å². The van der Waals surface area contributed by atoms with Crippen molar-refractivity contribution in [1.82, 2.24) is 10.6 Å². The standard InChI is InChI=1S/C27H31FN2O6/c1-15-18(8-16-2-3-20(22(28)9-16)26(32)29-11-17-12-35-13-17)10-21(25-19(15)4-7-36-25)27(33)30-23-5-6-34-14-24(23)31/h2-3,9-10,17,23-24,31H,4-8,11-14H2,1H3,(H,29,32)(H,30,33)/t23-,24-/m0/s1. The molecule has 0 aliphatic carbocycles. The van der Waals surface area contributed by atoms with Crippen LogP contribution in [0.1, 0.15) is 49.4 Å². The Kier molecular flexibility index (Phi) is 7.22. The van der Waals surface area contributed by atoms with Crippen molar-refractivity contribution in [1.29, 1.82) is 0 Å². The van der Waals surface area contributed by atoms with Crippen LogP contribution >= 0.6 is 0 Å². The molecule has 192 valence electrons. The van der Waals surface area contributed by atoms with E-state index in [-0.39, 0.29) is 24.0 Å². The topological polar surface area (TPSA) is 106 Å². The number of benzene rings is 2. The first-order chi connectivity index (χ1) is 17.4. The molecule has 0 aromatic heterocycles. The monoisotopic (exact) mass is 498 g/mol. The van der Waals surface area contributed by atoms with E-state index in [0.29, 0.717) is 69.1 Å². The molecule has 8 nitrogen and oxygen atoms in total. The lowest BCUT2D eigenvalue weighted by atomic mass is 9.91. The zero-order valence-electron chi connectivity index (χ0n) is 20.3. The average molecular weight is 499 g/mol. The minimum atomic E-state index is -0.762. The summed E-state index contributed by atoms with van der Waals surface area (Å²) in [6.45, 7) is 4.83. The van der Waals surface area contributed by atoms with Gasteiger partial charge in [0.25, 0.3) is 11.8 Å². The Labute approximate surface area is 209 Å². The van der Waals surface area contributed by atoms with Crippen LogP contribution in [0.3, 0.4) is 0 Å². The quantitative estimate of drug-likeness (QED) is 0.539. The van der Waals surface area contributed by atoms with E-state index in [9.17, 15) is 19.1 Å². The van der Waals surface area contributed by atoms with Gasteiger partial charge in [0.2, 0.25) is 0 Å². The summed E-state index contributed by atoms with van der Waals surface area (Å²) >= 11 is 0. The Balaban J connectivity index is 1.34. The van der Waals surface area contributed by atoms with Gasteiger partial charge in [0.05, 0.1) is 49.7 Å². The Morgan fingerprint density at radius 2 is 1.92 bits per heavy atom. The van der Waals surface area contributed by atoms with Crippen LogP contribution < -0.4 is 15.4 Å². The molecule has 3 aliphatic heterocycles. The molecule has 2 atom stereocenters. The van der Waals surface area contributed by atoms with E-state index in [4.69, 9.17) is 14.2 Å². The van der Waals surface area contributed by atoms with E-state index < -0.39 is 23.9 Å². The highest BCUT2D eigenvalue weighted by molar-refractivity contribution is 5.98. The Morgan fingerprint density at radius 3 is 2.64 bits per heavy atom. The molecule has 3 N–H and O–H groups in total. The lowest BCUT2D eigenvalue weighted by Crippen LogP contribution is -2.48. The molecule has 2 aromatic rings. The zero-order chi connectivity index (χ0) is 25.2. The number of aliphatic hydroxyl groups excluding tert-OH is 1. The summed E-state index contributed by atoms with van der Waals surface area (Å²) in [6, 6.07) is 6.02. The first-order valence-electron chi connectivity index (χ1n) is 12.4. The summed E-state index contributed by atoms with van der Waals surface area (Å²) in [6.07, 6.45) is 0.858. The molecule has 2 fully saturated rings. The van der Waals surface area contributed by atoms with Crippen LogP contribution in [0, 0.1) is 18.7 Å². The van der Waals surface area contributed by atoms with Crippen molar-refractivity contribution in [3.05, 3.63) is 63.5 Å². The fourth-order valence-corrected chi connectivity index (χ4v) is 4.89. The highest BCUT2D eigenvalue weighted by Crippen LogP contribution is 2.35. The minimum Gasteiger partial charge on any atom is -0.492 e. The molecule has 0 bridgehead atoms. The van der Waals surface area contributed by atoms with Crippen LogP contribution in [0.5, 0.6) is 5.75 Å². The lowest BCUT2D eigenvalue weighted by Gasteiger charge is -2.28. The molecule has 3 aliphatic rings. The number of carbonyl (C=O) groups is 2. The number of fused-ring (bicyclic) bond motifs is 1. The summed E-state index contributed by atoms with van der Waals surface area (Å²) in [7, 11) is 0. The third kappa shape index (κ3) is 5.09. The van der Waals surface area contributed by atoms with Crippen LogP contribution in [-0.2, 0) is 22.3 Å². The fraction of sp³-hybridized carbons (Fsp3) is 0.481. The summed E-state index contributed by atoms with van der Waals surface area (Å²) in [5.41, 5.74) is 3.99. The minimum absolute atomic E-state index is 0.00755. The second-order valence-corrected chi connectivity index (χ2v) is 9.73. The van der Waals surface area contributed by atoms with Crippen molar-refractivity contribution in [3.63, 3.8) is 0 Å². The molecule has 0 unspecified atom stereocenters. The van der Waals surface area contributed by atoms with Gasteiger partial charge >= 0.3 is 0 Å². The normalized spacial score (nSPS) is 21.3. The first-order valence-corrected chi connectivity index (χ1v) is 12.4. The molecule has 0 saturated carbocycles. The molecule has 36 heavy (non-hydrogen) atoms. The van der Waals surface area contributed by atoms with Gasteiger partial charge in [-0.05, 0) is 54.7 Å². The number of nitrogens with one attached hydrogen (secondary N) is 2. The number of halogens is 1. The van der Waals surface area contributed by atoms with Crippen molar-refractivity contribution in [2.75, 3.05) is 39.6 Å². The predicted octanol–water partition coefficient (Wildman–Crippen LogP) is 1.92. The third-order valence-electron chi connectivity index (χ3n) is 7.19. The van der Waals surface area contributed by atoms with Gasteiger partial charge in [-0.25, -0.2) is 4.39 Å². The van der Waals surface area contributed by atoms with E-state index in [1.54, 1.807) is 12.1 Å². The van der Waals surface area contributed by atoms with Crippen LogP contribution in [0.4, 0.5) is 4.39 Å². The SMILES string of the molecule is Cc1c(Cc2ccc(C(=O)NCC3COC3)c(F)c2)cc(C(=O)N[C@H]2CCOC[C@@H]2O)c2c1CCO2. The van der Waals surface area contributed by atoms with Gasteiger partial charge in [-0.1, -0.05) is 6.07 Å². The number of hydrogen-bond acceptors (Lipinski definition) is 6. The molecule has 0 radical (unpaired) electrons. The van der Waals surface area contributed by atoms with Crippen molar-refractivity contribution in [3.8, 4) is 5.75 Å². The van der Waals surface area contributed by atoms with Gasteiger partial charge < -0.3 is 30.0 Å². The maximum absolute atomic E-state index is 14.8. The summed E-state index contributed by atoms with van der Waals surface area (Å²) in [5, 5.41) is 15.9.